The molecule has 94 valence electrons. The monoisotopic (exact) mass is 238 g/mol. The second kappa shape index (κ2) is 4.63. The Morgan fingerprint density at radius 3 is 2.71 bits per heavy atom. The Kier molecular flexibility index (Phi) is 3.35. The zero-order valence-corrected chi connectivity index (χ0v) is 10.3. The minimum Gasteiger partial charge on any atom is -0.387 e. The largest absolute Gasteiger partial charge is 0.387 e. The first kappa shape index (κ1) is 12.3. The molecule has 1 heterocycles. The van der Waals surface area contributed by atoms with Crippen LogP contribution in [0.5, 0.6) is 0 Å². The van der Waals surface area contributed by atoms with Gasteiger partial charge in [0.1, 0.15) is 5.82 Å². The minimum absolute atomic E-state index is 0.235. The number of β-amino-alcohol motifs (C(OH)–C–C–N with tert-alkyl or cyclic N) is 1. The molecule has 2 unspecified atom stereocenters. The number of rotatable bonds is 1. The van der Waals surface area contributed by atoms with Crippen LogP contribution in [0.25, 0.3) is 0 Å². The lowest BCUT2D eigenvalue weighted by atomic mass is 10.1. The molecule has 4 heteroatoms. The van der Waals surface area contributed by atoms with Crippen molar-refractivity contribution >= 4 is 5.69 Å². The van der Waals surface area contributed by atoms with Gasteiger partial charge in [0.05, 0.1) is 5.60 Å². The molecule has 0 amide bonds. The Bertz CT molecular complexity index is 378. The van der Waals surface area contributed by atoms with E-state index < -0.39 is 5.60 Å². The summed E-state index contributed by atoms with van der Waals surface area (Å²) in [5.74, 6) is -0.235. The maximum Gasteiger partial charge on any atom is 0.123 e. The molecule has 0 spiro atoms. The molecule has 1 aliphatic heterocycles. The normalized spacial score (nSPS) is 30.1. The van der Waals surface area contributed by atoms with E-state index in [1.807, 2.05) is 6.92 Å². The highest BCUT2D eigenvalue weighted by Crippen LogP contribution is 2.20. The van der Waals surface area contributed by atoms with Crippen molar-refractivity contribution < 1.29 is 9.50 Å². The van der Waals surface area contributed by atoms with E-state index in [0.717, 1.165) is 12.2 Å². The summed E-state index contributed by atoms with van der Waals surface area (Å²) >= 11 is 0. The van der Waals surface area contributed by atoms with Gasteiger partial charge in [0.2, 0.25) is 0 Å². The Labute approximate surface area is 101 Å². The number of hydrogen-bond acceptors (Lipinski definition) is 3. The van der Waals surface area contributed by atoms with Gasteiger partial charge in [-0.3, -0.25) is 0 Å². The molecule has 3 nitrogen and oxygen atoms in total. The summed E-state index contributed by atoms with van der Waals surface area (Å²) in [6, 6.07) is 6.71. The Balaban J connectivity index is 2.20. The van der Waals surface area contributed by atoms with E-state index >= 15 is 0 Å². The van der Waals surface area contributed by atoms with Crippen LogP contribution in [-0.4, -0.2) is 36.4 Å². The van der Waals surface area contributed by atoms with E-state index in [1.54, 1.807) is 12.1 Å². The summed E-state index contributed by atoms with van der Waals surface area (Å²) in [6.45, 7) is 5.83. The summed E-state index contributed by atoms with van der Waals surface area (Å²) in [4.78, 5) is 2.09. The van der Waals surface area contributed by atoms with E-state index in [-0.39, 0.29) is 5.82 Å². The maximum absolute atomic E-state index is 12.9. The zero-order chi connectivity index (χ0) is 12.5. The fourth-order valence-corrected chi connectivity index (χ4v) is 2.17. The molecule has 0 radical (unpaired) electrons. The van der Waals surface area contributed by atoms with Crippen molar-refractivity contribution in [2.75, 3.05) is 24.5 Å². The summed E-state index contributed by atoms with van der Waals surface area (Å²) in [7, 11) is 0. The highest BCUT2D eigenvalue weighted by Gasteiger charge is 2.29. The van der Waals surface area contributed by atoms with Crippen molar-refractivity contribution in [2.45, 2.75) is 25.5 Å². The van der Waals surface area contributed by atoms with Gasteiger partial charge in [-0.05, 0) is 38.1 Å². The molecule has 0 aromatic heterocycles. The molecule has 0 aliphatic carbocycles. The van der Waals surface area contributed by atoms with Gasteiger partial charge in [0.15, 0.2) is 0 Å². The number of halogens is 1. The number of aliphatic hydroxyl groups is 1. The first-order valence-corrected chi connectivity index (χ1v) is 5.92. The van der Waals surface area contributed by atoms with Gasteiger partial charge in [0.25, 0.3) is 0 Å². The highest BCUT2D eigenvalue weighted by atomic mass is 19.1. The summed E-state index contributed by atoms with van der Waals surface area (Å²) in [6.07, 6.45) is 0. The number of nitrogens with zero attached hydrogens (tertiary/aromatic N) is 1. The van der Waals surface area contributed by atoms with Crippen LogP contribution in [0, 0.1) is 5.82 Å². The van der Waals surface area contributed by atoms with Crippen LogP contribution in [-0.2, 0) is 0 Å². The maximum atomic E-state index is 12.9. The second-order valence-electron chi connectivity index (χ2n) is 5.14. The van der Waals surface area contributed by atoms with E-state index in [2.05, 4.69) is 17.1 Å². The third-order valence-electron chi connectivity index (χ3n) is 3.05. The van der Waals surface area contributed by atoms with Gasteiger partial charge < -0.3 is 15.3 Å². The lowest BCUT2D eigenvalue weighted by Crippen LogP contribution is -2.43. The summed E-state index contributed by atoms with van der Waals surface area (Å²) in [5.41, 5.74) is 0.182. The standard InChI is InChI=1S/C13H19FN2O/c1-10-7-16(9-13(2,17)8-15-10)12-5-3-11(14)4-6-12/h3-6,10,15,17H,7-9H2,1-2H3. The lowest BCUT2D eigenvalue weighted by molar-refractivity contribution is 0.0718. The lowest BCUT2D eigenvalue weighted by Gasteiger charge is -2.29. The van der Waals surface area contributed by atoms with Gasteiger partial charge >= 0.3 is 0 Å². The Morgan fingerprint density at radius 1 is 1.41 bits per heavy atom. The predicted octanol–water partition coefficient (Wildman–Crippen LogP) is 1.37. The molecular formula is C13H19FN2O. The quantitative estimate of drug-likeness (QED) is 0.776. The van der Waals surface area contributed by atoms with Crippen LogP contribution in [0.3, 0.4) is 0 Å². The van der Waals surface area contributed by atoms with Crippen molar-refractivity contribution in [1.82, 2.24) is 5.32 Å². The molecule has 0 bridgehead atoms. The van der Waals surface area contributed by atoms with Crippen molar-refractivity contribution in [3.8, 4) is 0 Å². The molecule has 1 fully saturated rings. The average molecular weight is 238 g/mol. The molecule has 1 aliphatic rings. The van der Waals surface area contributed by atoms with E-state index in [0.29, 0.717) is 19.1 Å². The van der Waals surface area contributed by atoms with Gasteiger partial charge in [-0.2, -0.15) is 0 Å². The van der Waals surface area contributed by atoms with Crippen molar-refractivity contribution in [3.05, 3.63) is 30.1 Å². The second-order valence-corrected chi connectivity index (χ2v) is 5.14. The number of anilines is 1. The molecule has 17 heavy (non-hydrogen) atoms. The van der Waals surface area contributed by atoms with E-state index in [9.17, 15) is 9.50 Å². The number of benzene rings is 1. The van der Waals surface area contributed by atoms with Gasteiger partial charge in [-0.15, -0.1) is 0 Å². The van der Waals surface area contributed by atoms with Crippen LogP contribution < -0.4 is 10.2 Å². The van der Waals surface area contributed by atoms with Gasteiger partial charge in [-0.25, -0.2) is 4.39 Å². The predicted molar refractivity (Wildman–Crippen MR) is 66.7 cm³/mol. The summed E-state index contributed by atoms with van der Waals surface area (Å²) < 4.78 is 12.9. The SMILES string of the molecule is CC1CN(c2ccc(F)cc2)CC(C)(O)CN1. The Hall–Kier alpha value is -1.13. The van der Waals surface area contributed by atoms with Crippen molar-refractivity contribution in [2.24, 2.45) is 0 Å². The third kappa shape index (κ3) is 3.17. The highest BCUT2D eigenvalue weighted by molar-refractivity contribution is 5.47. The average Bonchev–Trinajstić information content (AvgIpc) is 2.39. The molecule has 0 saturated carbocycles. The molecule has 1 aromatic rings. The first-order valence-electron chi connectivity index (χ1n) is 5.92. The van der Waals surface area contributed by atoms with Gasteiger partial charge in [-0.1, -0.05) is 0 Å². The van der Waals surface area contributed by atoms with Crippen molar-refractivity contribution in [3.63, 3.8) is 0 Å². The number of nitrogens with one attached hydrogen (secondary N) is 1. The van der Waals surface area contributed by atoms with Crippen LogP contribution in [0.4, 0.5) is 10.1 Å². The van der Waals surface area contributed by atoms with E-state index in [4.69, 9.17) is 0 Å². The first-order chi connectivity index (χ1) is 7.96. The fourth-order valence-electron chi connectivity index (χ4n) is 2.17. The number of hydrogen-bond donors (Lipinski definition) is 2. The van der Waals surface area contributed by atoms with Crippen LogP contribution >= 0.6 is 0 Å². The minimum atomic E-state index is -0.765. The molecule has 1 aromatic carbocycles. The Morgan fingerprint density at radius 2 is 2.06 bits per heavy atom. The fraction of sp³-hybridized carbons (Fsp3) is 0.538. The van der Waals surface area contributed by atoms with Crippen LogP contribution in [0.1, 0.15) is 13.8 Å². The zero-order valence-electron chi connectivity index (χ0n) is 10.3. The third-order valence-corrected chi connectivity index (χ3v) is 3.05. The molecule has 2 rings (SSSR count). The van der Waals surface area contributed by atoms with Crippen LogP contribution in [0.15, 0.2) is 24.3 Å². The van der Waals surface area contributed by atoms with E-state index in [1.165, 1.54) is 12.1 Å². The molecule has 2 atom stereocenters. The summed E-state index contributed by atoms with van der Waals surface area (Å²) in [5, 5.41) is 13.5. The van der Waals surface area contributed by atoms with Gasteiger partial charge in [0, 0.05) is 31.4 Å². The topological polar surface area (TPSA) is 35.5 Å². The van der Waals surface area contributed by atoms with Crippen LogP contribution in [0.2, 0.25) is 0 Å². The smallest absolute Gasteiger partial charge is 0.123 e. The van der Waals surface area contributed by atoms with Crippen molar-refractivity contribution in [1.29, 1.82) is 0 Å². The molecule has 2 N–H and O–H groups in total. The molecular weight excluding hydrogens is 219 g/mol. The molecule has 1 saturated heterocycles.